The summed E-state index contributed by atoms with van der Waals surface area (Å²) < 4.78 is 10.3. The van der Waals surface area contributed by atoms with Crippen molar-refractivity contribution in [2.45, 2.75) is 0 Å². The molecule has 4 heteroatoms. The Morgan fingerprint density at radius 2 is 1.61 bits per heavy atom. The van der Waals surface area contributed by atoms with Crippen molar-refractivity contribution in [3.8, 4) is 22.6 Å². The van der Waals surface area contributed by atoms with E-state index in [1.54, 1.807) is 20.3 Å². The Bertz CT molecular complexity index is 568. The quantitative estimate of drug-likeness (QED) is 0.814. The van der Waals surface area contributed by atoms with Crippen LogP contribution in [0, 0.1) is 0 Å². The molecule has 0 unspecified atom stereocenters. The molecule has 0 bridgehead atoms. The third kappa shape index (κ3) is 2.55. The van der Waals surface area contributed by atoms with E-state index >= 15 is 0 Å². The molecule has 94 valence electrons. The molecule has 0 radical (unpaired) electrons. The average Bonchev–Trinajstić information content (AvgIpc) is 2.39. The van der Waals surface area contributed by atoms with Crippen molar-refractivity contribution in [1.29, 1.82) is 0 Å². The molecule has 0 saturated carbocycles. The van der Waals surface area contributed by atoms with Gasteiger partial charge in [0.1, 0.15) is 11.5 Å². The van der Waals surface area contributed by atoms with Crippen molar-refractivity contribution in [3.63, 3.8) is 0 Å². The number of methoxy groups -OCH3 is 2. The summed E-state index contributed by atoms with van der Waals surface area (Å²) in [5, 5.41) is 1.20. The molecule has 2 aromatic carbocycles. The van der Waals surface area contributed by atoms with Crippen molar-refractivity contribution < 1.29 is 9.47 Å². The van der Waals surface area contributed by atoms with Crippen molar-refractivity contribution in [3.05, 3.63) is 46.4 Å². The molecule has 2 aromatic rings. The highest BCUT2D eigenvalue weighted by molar-refractivity contribution is 6.34. The van der Waals surface area contributed by atoms with Crippen LogP contribution in [0.1, 0.15) is 0 Å². The van der Waals surface area contributed by atoms with Crippen LogP contribution in [0.25, 0.3) is 11.1 Å². The van der Waals surface area contributed by atoms with Gasteiger partial charge in [-0.2, -0.15) is 0 Å². The van der Waals surface area contributed by atoms with Gasteiger partial charge in [0.2, 0.25) is 0 Å². The van der Waals surface area contributed by atoms with Gasteiger partial charge in [-0.3, -0.25) is 0 Å². The molecule has 0 N–H and O–H groups in total. The molecule has 0 amide bonds. The second-order valence-electron chi connectivity index (χ2n) is 3.70. The van der Waals surface area contributed by atoms with E-state index in [0.29, 0.717) is 15.8 Å². The van der Waals surface area contributed by atoms with E-state index in [0.717, 1.165) is 16.9 Å². The fraction of sp³-hybridized carbons (Fsp3) is 0.143. The number of hydrogen-bond donors (Lipinski definition) is 0. The van der Waals surface area contributed by atoms with Crippen LogP contribution in [0.3, 0.4) is 0 Å². The normalized spacial score (nSPS) is 10.2. The van der Waals surface area contributed by atoms with Crippen molar-refractivity contribution in [1.82, 2.24) is 0 Å². The minimum atomic E-state index is 0.550. The number of benzene rings is 2. The summed E-state index contributed by atoms with van der Waals surface area (Å²) in [7, 11) is 3.20. The summed E-state index contributed by atoms with van der Waals surface area (Å²) >= 11 is 12.3. The lowest BCUT2D eigenvalue weighted by atomic mass is 10.1. The fourth-order valence-electron chi connectivity index (χ4n) is 1.69. The molecule has 0 aliphatic rings. The minimum absolute atomic E-state index is 0.550. The van der Waals surface area contributed by atoms with Crippen molar-refractivity contribution in [2.24, 2.45) is 0 Å². The highest BCUT2D eigenvalue weighted by Gasteiger charge is 2.08. The van der Waals surface area contributed by atoms with Gasteiger partial charge in [0, 0.05) is 10.6 Å². The topological polar surface area (TPSA) is 18.5 Å². The maximum atomic E-state index is 6.18. The monoisotopic (exact) mass is 282 g/mol. The maximum Gasteiger partial charge on any atom is 0.137 e. The average molecular weight is 283 g/mol. The van der Waals surface area contributed by atoms with E-state index in [2.05, 4.69) is 0 Å². The largest absolute Gasteiger partial charge is 0.497 e. The smallest absolute Gasteiger partial charge is 0.137 e. The molecule has 0 aliphatic carbocycles. The lowest BCUT2D eigenvalue weighted by Crippen LogP contribution is -1.87. The van der Waals surface area contributed by atoms with Gasteiger partial charge in [0.15, 0.2) is 0 Å². The van der Waals surface area contributed by atoms with Gasteiger partial charge in [0.05, 0.1) is 19.2 Å². The second-order valence-corrected chi connectivity index (χ2v) is 4.51. The van der Waals surface area contributed by atoms with Gasteiger partial charge >= 0.3 is 0 Å². The molecule has 0 spiro atoms. The molecule has 2 nitrogen and oxygen atoms in total. The van der Waals surface area contributed by atoms with Gasteiger partial charge in [0.25, 0.3) is 0 Å². The van der Waals surface area contributed by atoms with Gasteiger partial charge in [-0.25, -0.2) is 0 Å². The number of halogens is 2. The van der Waals surface area contributed by atoms with Gasteiger partial charge in [-0.1, -0.05) is 29.3 Å². The standard InChI is InChI=1S/C14H12Cl2O2/c1-17-10-4-5-12(15)11(8-10)9-3-6-14(18-2)13(16)7-9/h3-8H,1-2H3. The van der Waals surface area contributed by atoms with E-state index < -0.39 is 0 Å². The molecular weight excluding hydrogens is 271 g/mol. The van der Waals surface area contributed by atoms with Crippen LogP contribution in [0.2, 0.25) is 10.0 Å². The molecule has 0 atom stereocenters. The van der Waals surface area contributed by atoms with Gasteiger partial charge in [-0.15, -0.1) is 0 Å². The second kappa shape index (κ2) is 5.51. The van der Waals surface area contributed by atoms with Crippen LogP contribution >= 0.6 is 23.2 Å². The summed E-state index contributed by atoms with van der Waals surface area (Å²) in [6.07, 6.45) is 0. The maximum absolute atomic E-state index is 6.18. The number of hydrogen-bond acceptors (Lipinski definition) is 2. The van der Waals surface area contributed by atoms with Gasteiger partial charge < -0.3 is 9.47 Å². The van der Waals surface area contributed by atoms with E-state index in [1.807, 2.05) is 30.3 Å². The van der Waals surface area contributed by atoms with E-state index in [1.165, 1.54) is 0 Å². The van der Waals surface area contributed by atoms with Crippen LogP contribution < -0.4 is 9.47 Å². The number of rotatable bonds is 3. The molecular formula is C14H12Cl2O2. The zero-order valence-corrected chi connectivity index (χ0v) is 11.5. The number of ether oxygens (including phenoxy) is 2. The highest BCUT2D eigenvalue weighted by Crippen LogP contribution is 2.35. The van der Waals surface area contributed by atoms with Crippen LogP contribution in [0.15, 0.2) is 36.4 Å². The predicted octanol–water partition coefficient (Wildman–Crippen LogP) is 4.68. The molecule has 0 fully saturated rings. The first-order valence-electron chi connectivity index (χ1n) is 5.33. The van der Waals surface area contributed by atoms with Crippen LogP contribution in [-0.4, -0.2) is 14.2 Å². The Labute approximate surface area is 116 Å². The van der Waals surface area contributed by atoms with Crippen LogP contribution in [0.4, 0.5) is 0 Å². The lowest BCUT2D eigenvalue weighted by Gasteiger charge is -2.09. The molecule has 0 saturated heterocycles. The lowest BCUT2D eigenvalue weighted by molar-refractivity contribution is 0.415. The highest BCUT2D eigenvalue weighted by atomic mass is 35.5. The van der Waals surface area contributed by atoms with E-state index in [9.17, 15) is 0 Å². The summed E-state index contributed by atoms with van der Waals surface area (Å²) in [4.78, 5) is 0. The Hall–Kier alpha value is -1.38. The zero-order chi connectivity index (χ0) is 13.1. The Kier molecular flexibility index (Phi) is 4.00. The van der Waals surface area contributed by atoms with Crippen LogP contribution in [0.5, 0.6) is 11.5 Å². The zero-order valence-electron chi connectivity index (χ0n) is 10.0. The van der Waals surface area contributed by atoms with Crippen molar-refractivity contribution >= 4 is 23.2 Å². The summed E-state index contributed by atoms with van der Waals surface area (Å²) in [6, 6.07) is 11.0. The molecule has 2 rings (SSSR count). The molecule has 0 aliphatic heterocycles. The summed E-state index contributed by atoms with van der Waals surface area (Å²) in [6.45, 7) is 0. The van der Waals surface area contributed by atoms with Crippen molar-refractivity contribution in [2.75, 3.05) is 14.2 Å². The van der Waals surface area contributed by atoms with E-state index in [-0.39, 0.29) is 0 Å². The first-order valence-corrected chi connectivity index (χ1v) is 6.08. The molecule has 0 aromatic heterocycles. The van der Waals surface area contributed by atoms with Crippen LogP contribution in [-0.2, 0) is 0 Å². The first kappa shape index (κ1) is 13.1. The summed E-state index contributed by atoms with van der Waals surface area (Å²) in [5.41, 5.74) is 1.80. The molecule has 18 heavy (non-hydrogen) atoms. The molecule has 0 heterocycles. The van der Waals surface area contributed by atoms with Gasteiger partial charge in [-0.05, 0) is 35.9 Å². The Balaban J connectivity index is 2.51. The Morgan fingerprint density at radius 1 is 0.833 bits per heavy atom. The third-order valence-corrected chi connectivity index (χ3v) is 3.26. The Morgan fingerprint density at radius 3 is 2.22 bits per heavy atom. The SMILES string of the molecule is COc1ccc(Cl)c(-c2ccc(OC)c(Cl)c2)c1. The predicted molar refractivity (Wildman–Crippen MR) is 75.0 cm³/mol. The summed E-state index contributed by atoms with van der Waals surface area (Å²) in [5.74, 6) is 1.39. The first-order chi connectivity index (χ1) is 8.65. The fourth-order valence-corrected chi connectivity index (χ4v) is 2.17. The van der Waals surface area contributed by atoms with E-state index in [4.69, 9.17) is 32.7 Å². The minimum Gasteiger partial charge on any atom is -0.497 e. The third-order valence-electron chi connectivity index (χ3n) is 2.64.